The number of hydrogen-bond donors (Lipinski definition) is 2. The van der Waals surface area contributed by atoms with Crippen LogP contribution in [0.2, 0.25) is 5.02 Å². The van der Waals surface area contributed by atoms with Crippen molar-refractivity contribution in [2.45, 2.75) is 11.8 Å². The predicted octanol–water partition coefficient (Wildman–Crippen LogP) is 2.96. The summed E-state index contributed by atoms with van der Waals surface area (Å²) in [6.07, 6.45) is 2.34. The van der Waals surface area contributed by atoms with Gasteiger partial charge in [-0.15, -0.1) is 0 Å². The third-order valence-corrected chi connectivity index (χ3v) is 4.89. The standard InChI is InChI=1S/C17H14ClFN2O4S/c1-11(22)21-26(24,25)13-7-5-12(6-8-13)20-17(23)10-9-14-15(18)3-2-4-16(14)19/h2-10H,1H3,(H,20,23)(H,21,22). The molecule has 6 nitrogen and oxygen atoms in total. The summed E-state index contributed by atoms with van der Waals surface area (Å²) in [5.74, 6) is -1.82. The summed E-state index contributed by atoms with van der Waals surface area (Å²) in [4.78, 5) is 22.7. The second kappa shape index (κ2) is 8.11. The minimum absolute atomic E-state index is 0.0843. The molecule has 0 fully saturated rings. The van der Waals surface area contributed by atoms with Gasteiger partial charge in [0.15, 0.2) is 0 Å². The average molecular weight is 397 g/mol. The van der Waals surface area contributed by atoms with Crippen LogP contribution in [0.1, 0.15) is 12.5 Å². The number of anilines is 1. The molecule has 9 heteroatoms. The zero-order valence-corrected chi connectivity index (χ0v) is 15.1. The van der Waals surface area contributed by atoms with Crippen LogP contribution in [0.15, 0.2) is 53.4 Å². The van der Waals surface area contributed by atoms with E-state index in [0.29, 0.717) is 5.69 Å². The lowest BCUT2D eigenvalue weighted by molar-refractivity contribution is -0.117. The SMILES string of the molecule is CC(=O)NS(=O)(=O)c1ccc(NC(=O)C=Cc2c(F)cccc2Cl)cc1. The van der Waals surface area contributed by atoms with Crippen molar-refractivity contribution in [2.75, 3.05) is 5.32 Å². The Bertz CT molecular complexity index is 953. The average Bonchev–Trinajstić information content (AvgIpc) is 2.53. The molecule has 26 heavy (non-hydrogen) atoms. The molecule has 0 spiro atoms. The highest BCUT2D eigenvalue weighted by Crippen LogP contribution is 2.20. The summed E-state index contributed by atoms with van der Waals surface area (Å²) in [6.45, 7) is 1.08. The fraction of sp³-hybridized carbons (Fsp3) is 0.0588. The minimum atomic E-state index is -3.94. The van der Waals surface area contributed by atoms with Gasteiger partial charge < -0.3 is 5.32 Å². The molecule has 2 amide bonds. The molecule has 0 unspecified atom stereocenters. The Kier molecular flexibility index (Phi) is 6.12. The van der Waals surface area contributed by atoms with Crippen LogP contribution >= 0.6 is 11.6 Å². The Morgan fingerprint density at radius 3 is 2.35 bits per heavy atom. The van der Waals surface area contributed by atoms with Crippen molar-refractivity contribution in [1.82, 2.24) is 4.72 Å². The summed E-state index contributed by atoms with van der Waals surface area (Å²) < 4.78 is 39.1. The Labute approximate surface area is 154 Å². The van der Waals surface area contributed by atoms with E-state index in [9.17, 15) is 22.4 Å². The van der Waals surface area contributed by atoms with Crippen molar-refractivity contribution in [2.24, 2.45) is 0 Å². The van der Waals surface area contributed by atoms with Gasteiger partial charge in [-0.25, -0.2) is 17.5 Å². The van der Waals surface area contributed by atoms with Crippen molar-refractivity contribution < 1.29 is 22.4 Å². The molecule has 0 aromatic heterocycles. The number of amides is 2. The van der Waals surface area contributed by atoms with Crippen LogP contribution in [0.4, 0.5) is 10.1 Å². The Hall–Kier alpha value is -2.71. The monoisotopic (exact) mass is 396 g/mol. The highest BCUT2D eigenvalue weighted by atomic mass is 35.5. The molecule has 0 saturated carbocycles. The number of hydrogen-bond acceptors (Lipinski definition) is 4. The number of benzene rings is 2. The third-order valence-electron chi connectivity index (χ3n) is 3.11. The minimum Gasteiger partial charge on any atom is -0.323 e. The van der Waals surface area contributed by atoms with Crippen LogP contribution in [-0.2, 0) is 19.6 Å². The van der Waals surface area contributed by atoms with Gasteiger partial charge in [-0.2, -0.15) is 0 Å². The largest absolute Gasteiger partial charge is 0.323 e. The number of carbonyl (C=O) groups excluding carboxylic acids is 2. The van der Waals surface area contributed by atoms with E-state index in [1.54, 1.807) is 0 Å². The highest BCUT2D eigenvalue weighted by molar-refractivity contribution is 7.90. The number of halogens is 2. The molecule has 0 radical (unpaired) electrons. The van der Waals surface area contributed by atoms with E-state index in [1.807, 2.05) is 4.72 Å². The van der Waals surface area contributed by atoms with Gasteiger partial charge in [-0.1, -0.05) is 17.7 Å². The van der Waals surface area contributed by atoms with Crippen molar-refractivity contribution >= 4 is 45.2 Å². The first-order valence-electron chi connectivity index (χ1n) is 7.25. The molecule has 2 N–H and O–H groups in total. The predicted molar refractivity (Wildman–Crippen MR) is 96.5 cm³/mol. The number of nitrogens with one attached hydrogen (secondary N) is 2. The number of rotatable bonds is 5. The van der Waals surface area contributed by atoms with Gasteiger partial charge in [-0.3, -0.25) is 9.59 Å². The van der Waals surface area contributed by atoms with Crippen molar-refractivity contribution in [1.29, 1.82) is 0 Å². The molecule has 0 saturated heterocycles. The molecule has 2 rings (SSSR count). The Morgan fingerprint density at radius 2 is 1.77 bits per heavy atom. The van der Waals surface area contributed by atoms with Crippen molar-refractivity contribution in [3.63, 3.8) is 0 Å². The normalized spacial score (nSPS) is 11.3. The lowest BCUT2D eigenvalue weighted by atomic mass is 10.2. The summed E-state index contributed by atoms with van der Waals surface area (Å²) in [6, 6.07) is 9.35. The Morgan fingerprint density at radius 1 is 1.12 bits per heavy atom. The van der Waals surface area contributed by atoms with E-state index in [0.717, 1.165) is 13.0 Å². The molecular weight excluding hydrogens is 383 g/mol. The Balaban J connectivity index is 2.08. The summed E-state index contributed by atoms with van der Waals surface area (Å²) in [7, 11) is -3.94. The fourth-order valence-electron chi connectivity index (χ4n) is 1.98. The van der Waals surface area contributed by atoms with Gasteiger partial charge in [0.05, 0.1) is 9.92 Å². The molecule has 0 aliphatic rings. The fourth-order valence-corrected chi connectivity index (χ4v) is 3.20. The lowest BCUT2D eigenvalue weighted by Gasteiger charge is -2.06. The zero-order valence-electron chi connectivity index (χ0n) is 13.5. The van der Waals surface area contributed by atoms with Crippen LogP contribution in [0.5, 0.6) is 0 Å². The first kappa shape index (κ1) is 19.6. The number of sulfonamides is 1. The second-order valence-electron chi connectivity index (χ2n) is 5.14. The smallest absolute Gasteiger partial charge is 0.264 e. The van der Waals surface area contributed by atoms with Gasteiger partial charge >= 0.3 is 0 Å². The second-order valence-corrected chi connectivity index (χ2v) is 7.23. The summed E-state index contributed by atoms with van der Waals surface area (Å²) >= 11 is 5.86. The molecule has 136 valence electrons. The lowest BCUT2D eigenvalue weighted by Crippen LogP contribution is -2.28. The van der Waals surface area contributed by atoms with Crippen LogP contribution < -0.4 is 10.0 Å². The van der Waals surface area contributed by atoms with E-state index in [4.69, 9.17) is 11.6 Å². The maximum Gasteiger partial charge on any atom is 0.264 e. The van der Waals surface area contributed by atoms with Crippen molar-refractivity contribution in [3.8, 4) is 0 Å². The zero-order chi connectivity index (χ0) is 19.3. The molecule has 0 bridgehead atoms. The highest BCUT2D eigenvalue weighted by Gasteiger charge is 2.15. The van der Waals surface area contributed by atoms with Crippen LogP contribution in [0, 0.1) is 5.82 Å². The van der Waals surface area contributed by atoms with E-state index in [1.165, 1.54) is 48.5 Å². The van der Waals surface area contributed by atoms with Gasteiger partial charge in [-0.05, 0) is 42.5 Å². The van der Waals surface area contributed by atoms with Crippen LogP contribution in [0.25, 0.3) is 6.08 Å². The maximum atomic E-state index is 13.6. The van der Waals surface area contributed by atoms with Crippen molar-refractivity contribution in [3.05, 3.63) is 64.9 Å². The molecular formula is C17H14ClFN2O4S. The van der Waals surface area contributed by atoms with Gasteiger partial charge in [0.25, 0.3) is 10.0 Å². The topological polar surface area (TPSA) is 92.3 Å². The molecule has 0 atom stereocenters. The summed E-state index contributed by atoms with van der Waals surface area (Å²) in [5, 5.41) is 2.67. The van der Waals surface area contributed by atoms with E-state index < -0.39 is 27.7 Å². The first-order valence-corrected chi connectivity index (χ1v) is 9.11. The maximum absolute atomic E-state index is 13.6. The van der Waals surface area contributed by atoms with Gasteiger partial charge in [0.1, 0.15) is 5.82 Å². The molecule has 2 aromatic rings. The summed E-state index contributed by atoms with van der Waals surface area (Å²) in [5.41, 5.74) is 0.405. The molecule has 0 aliphatic heterocycles. The molecule has 0 aliphatic carbocycles. The molecule has 0 heterocycles. The van der Waals surface area contributed by atoms with E-state index in [2.05, 4.69) is 5.32 Å². The quantitative estimate of drug-likeness (QED) is 0.760. The van der Waals surface area contributed by atoms with E-state index in [-0.39, 0.29) is 15.5 Å². The van der Waals surface area contributed by atoms with Crippen LogP contribution in [0.3, 0.4) is 0 Å². The van der Waals surface area contributed by atoms with Crippen LogP contribution in [-0.4, -0.2) is 20.2 Å². The number of carbonyl (C=O) groups is 2. The third kappa shape index (κ3) is 5.14. The molecule has 2 aromatic carbocycles. The van der Waals surface area contributed by atoms with Gasteiger partial charge in [0.2, 0.25) is 11.8 Å². The van der Waals surface area contributed by atoms with Gasteiger partial charge in [0, 0.05) is 24.3 Å². The van der Waals surface area contributed by atoms with E-state index >= 15 is 0 Å². The first-order chi connectivity index (χ1) is 12.2.